The first-order chi connectivity index (χ1) is 6.49. The fraction of sp³-hybridized carbons (Fsp3) is 0.500. The van der Waals surface area contributed by atoms with Gasteiger partial charge in [0.2, 0.25) is 0 Å². The van der Waals surface area contributed by atoms with Crippen molar-refractivity contribution >= 4 is 0 Å². The summed E-state index contributed by atoms with van der Waals surface area (Å²) < 4.78 is 0. The predicted molar refractivity (Wildman–Crippen MR) is 57.0 cm³/mol. The first-order valence-electron chi connectivity index (χ1n) is 4.83. The van der Waals surface area contributed by atoms with E-state index in [9.17, 15) is 5.11 Å². The number of aliphatic hydroxyl groups excluding tert-OH is 2. The van der Waals surface area contributed by atoms with Crippen LogP contribution in [0.4, 0.5) is 0 Å². The lowest BCUT2D eigenvalue weighted by molar-refractivity contribution is 0.275. The Morgan fingerprint density at radius 3 is 2.14 bits per heavy atom. The van der Waals surface area contributed by atoms with Crippen molar-refractivity contribution in [2.75, 3.05) is 0 Å². The lowest BCUT2D eigenvalue weighted by Crippen LogP contribution is -2.14. The largest absolute Gasteiger partial charge is 0.392 e. The Bertz CT molecular complexity index is 311. The summed E-state index contributed by atoms with van der Waals surface area (Å²) in [7, 11) is 0. The molecule has 2 heteroatoms. The van der Waals surface area contributed by atoms with Crippen LogP contribution >= 0.6 is 0 Å². The average molecular weight is 194 g/mol. The van der Waals surface area contributed by atoms with E-state index in [1.54, 1.807) is 0 Å². The lowest BCUT2D eigenvalue weighted by atomic mass is 9.83. The normalized spacial score (nSPS) is 11.8. The molecule has 0 aliphatic rings. The van der Waals surface area contributed by atoms with Gasteiger partial charge in [-0.05, 0) is 22.1 Å². The molecule has 0 bridgehead atoms. The van der Waals surface area contributed by atoms with E-state index in [2.05, 4.69) is 20.8 Å². The monoisotopic (exact) mass is 194 g/mol. The first kappa shape index (κ1) is 11.2. The van der Waals surface area contributed by atoms with Crippen LogP contribution in [0.5, 0.6) is 0 Å². The fourth-order valence-electron chi connectivity index (χ4n) is 1.56. The summed E-state index contributed by atoms with van der Waals surface area (Å²) in [6.07, 6.45) is 0. The summed E-state index contributed by atoms with van der Waals surface area (Å²) in [6.45, 7) is 6.40. The Morgan fingerprint density at radius 2 is 1.71 bits per heavy atom. The summed E-state index contributed by atoms with van der Waals surface area (Å²) in [6, 6.07) is 5.69. The molecule has 0 spiro atoms. The van der Waals surface area contributed by atoms with Gasteiger partial charge in [-0.25, -0.2) is 0 Å². The molecule has 0 atom stereocenters. The van der Waals surface area contributed by atoms with Crippen molar-refractivity contribution in [2.45, 2.75) is 39.4 Å². The van der Waals surface area contributed by atoms with Crippen molar-refractivity contribution in [3.8, 4) is 0 Å². The molecule has 0 fully saturated rings. The Morgan fingerprint density at radius 1 is 1.07 bits per heavy atom. The second-order valence-corrected chi connectivity index (χ2v) is 4.56. The summed E-state index contributed by atoms with van der Waals surface area (Å²) >= 11 is 0. The first-order valence-corrected chi connectivity index (χ1v) is 4.83. The Balaban J connectivity index is 3.22. The van der Waals surface area contributed by atoms with Gasteiger partial charge in [-0.15, -0.1) is 0 Å². The van der Waals surface area contributed by atoms with Gasteiger partial charge in [-0.3, -0.25) is 0 Å². The van der Waals surface area contributed by atoms with E-state index >= 15 is 0 Å². The zero-order chi connectivity index (χ0) is 10.8. The van der Waals surface area contributed by atoms with Crippen molar-refractivity contribution in [2.24, 2.45) is 0 Å². The quantitative estimate of drug-likeness (QED) is 0.755. The molecule has 1 aromatic carbocycles. The number of aliphatic hydroxyl groups is 2. The molecule has 1 aromatic rings. The van der Waals surface area contributed by atoms with Gasteiger partial charge in [0.05, 0.1) is 13.2 Å². The minimum Gasteiger partial charge on any atom is -0.392 e. The van der Waals surface area contributed by atoms with Gasteiger partial charge in [-0.1, -0.05) is 39.0 Å². The molecule has 0 aliphatic heterocycles. The molecule has 0 aliphatic carbocycles. The summed E-state index contributed by atoms with van der Waals surface area (Å²) in [5.41, 5.74) is 2.94. The molecule has 2 N–H and O–H groups in total. The van der Waals surface area contributed by atoms with Gasteiger partial charge in [-0.2, -0.15) is 0 Å². The van der Waals surface area contributed by atoms with E-state index in [1.165, 1.54) is 0 Å². The second kappa shape index (κ2) is 4.11. The van der Waals surface area contributed by atoms with Crippen molar-refractivity contribution in [1.82, 2.24) is 0 Å². The molecule has 78 valence electrons. The van der Waals surface area contributed by atoms with Gasteiger partial charge in [0, 0.05) is 0 Å². The molecule has 0 saturated carbocycles. The molecule has 0 radical (unpaired) electrons. The molecular formula is C12H18O2. The lowest BCUT2D eigenvalue weighted by Gasteiger charge is -2.23. The summed E-state index contributed by atoms with van der Waals surface area (Å²) in [5, 5.41) is 18.2. The van der Waals surface area contributed by atoms with Crippen LogP contribution in [0.25, 0.3) is 0 Å². The smallest absolute Gasteiger partial charge is 0.0684 e. The summed E-state index contributed by atoms with van der Waals surface area (Å²) in [4.78, 5) is 0. The third-order valence-corrected chi connectivity index (χ3v) is 2.34. The third-order valence-electron chi connectivity index (χ3n) is 2.34. The van der Waals surface area contributed by atoms with Gasteiger partial charge < -0.3 is 10.2 Å². The van der Waals surface area contributed by atoms with Crippen LogP contribution in [-0.4, -0.2) is 10.2 Å². The van der Waals surface area contributed by atoms with Crippen LogP contribution in [0.3, 0.4) is 0 Å². The van der Waals surface area contributed by atoms with Crippen molar-refractivity contribution in [1.29, 1.82) is 0 Å². The van der Waals surface area contributed by atoms with Crippen LogP contribution in [0.1, 0.15) is 37.5 Å². The molecule has 0 unspecified atom stereocenters. The van der Waals surface area contributed by atoms with E-state index in [-0.39, 0.29) is 18.6 Å². The number of hydrogen-bond donors (Lipinski definition) is 2. The van der Waals surface area contributed by atoms with Gasteiger partial charge >= 0.3 is 0 Å². The zero-order valence-corrected chi connectivity index (χ0v) is 9.04. The molecule has 0 heterocycles. The Labute approximate surface area is 85.2 Å². The minimum atomic E-state index is 0.00322. The summed E-state index contributed by atoms with van der Waals surface area (Å²) in [5.74, 6) is 0. The fourth-order valence-corrected chi connectivity index (χ4v) is 1.56. The number of hydrogen-bond acceptors (Lipinski definition) is 2. The van der Waals surface area contributed by atoms with E-state index in [0.717, 1.165) is 16.7 Å². The van der Waals surface area contributed by atoms with Crippen LogP contribution in [0.2, 0.25) is 0 Å². The predicted octanol–water partition coefficient (Wildman–Crippen LogP) is 1.97. The molecule has 1 rings (SSSR count). The number of rotatable bonds is 2. The van der Waals surface area contributed by atoms with E-state index in [0.29, 0.717) is 0 Å². The van der Waals surface area contributed by atoms with E-state index in [1.807, 2.05) is 18.2 Å². The highest BCUT2D eigenvalue weighted by atomic mass is 16.3. The Kier molecular flexibility index (Phi) is 3.29. The maximum atomic E-state index is 9.18. The van der Waals surface area contributed by atoms with Crippen molar-refractivity contribution in [3.63, 3.8) is 0 Å². The minimum absolute atomic E-state index is 0.00322. The van der Waals surface area contributed by atoms with Gasteiger partial charge in [0.1, 0.15) is 0 Å². The second-order valence-electron chi connectivity index (χ2n) is 4.56. The van der Waals surface area contributed by atoms with Crippen molar-refractivity contribution in [3.05, 3.63) is 34.9 Å². The van der Waals surface area contributed by atoms with Crippen LogP contribution < -0.4 is 0 Å². The zero-order valence-electron chi connectivity index (χ0n) is 9.04. The third kappa shape index (κ3) is 2.34. The van der Waals surface area contributed by atoms with Crippen LogP contribution in [-0.2, 0) is 18.6 Å². The maximum Gasteiger partial charge on any atom is 0.0684 e. The van der Waals surface area contributed by atoms with Gasteiger partial charge in [0.15, 0.2) is 0 Å². The molecule has 2 nitrogen and oxygen atoms in total. The van der Waals surface area contributed by atoms with E-state index in [4.69, 9.17) is 5.11 Å². The van der Waals surface area contributed by atoms with Crippen LogP contribution in [0, 0.1) is 0 Å². The topological polar surface area (TPSA) is 40.5 Å². The molecule has 14 heavy (non-hydrogen) atoms. The Hall–Kier alpha value is -0.860. The highest BCUT2D eigenvalue weighted by Gasteiger charge is 2.17. The molecule has 0 amide bonds. The molecular weight excluding hydrogens is 176 g/mol. The standard InChI is InChI=1S/C12H18O2/c1-12(2,3)11-6-9(7-13)4-5-10(11)8-14/h4-6,13-14H,7-8H2,1-3H3. The SMILES string of the molecule is CC(C)(C)c1cc(CO)ccc1CO. The van der Waals surface area contributed by atoms with Gasteiger partial charge in [0.25, 0.3) is 0 Å². The highest BCUT2D eigenvalue weighted by Crippen LogP contribution is 2.27. The molecule has 0 aromatic heterocycles. The number of benzene rings is 1. The van der Waals surface area contributed by atoms with E-state index < -0.39 is 0 Å². The van der Waals surface area contributed by atoms with Crippen LogP contribution in [0.15, 0.2) is 18.2 Å². The molecule has 0 saturated heterocycles. The van der Waals surface area contributed by atoms with Crippen molar-refractivity contribution < 1.29 is 10.2 Å². The highest BCUT2D eigenvalue weighted by molar-refractivity contribution is 5.36. The average Bonchev–Trinajstić information content (AvgIpc) is 2.15. The maximum absolute atomic E-state index is 9.18.